The standard InChI is InChI=1S/C15H9BrCl2N2O5/c16-8-1-4-13(12(18)5-8)19-14(21)7-25-15(22)10-3-2-9(20(23)24)6-11(10)17/h1-6H,7H2,(H,19,21). The maximum Gasteiger partial charge on any atom is 0.340 e. The Bertz CT molecular complexity index is 860. The van der Waals surface area contributed by atoms with E-state index in [1.165, 1.54) is 0 Å². The number of amides is 1. The zero-order valence-corrected chi connectivity index (χ0v) is 15.4. The average molecular weight is 448 g/mol. The summed E-state index contributed by atoms with van der Waals surface area (Å²) in [6.07, 6.45) is 0. The van der Waals surface area contributed by atoms with Gasteiger partial charge in [-0.25, -0.2) is 4.79 Å². The minimum atomic E-state index is -0.878. The quantitative estimate of drug-likeness (QED) is 0.414. The van der Waals surface area contributed by atoms with Gasteiger partial charge in [0.25, 0.3) is 11.6 Å². The summed E-state index contributed by atoms with van der Waals surface area (Å²) in [6, 6.07) is 8.17. The number of nitrogens with zero attached hydrogens (tertiary/aromatic N) is 1. The first kappa shape index (κ1) is 19.2. The zero-order chi connectivity index (χ0) is 18.6. The predicted octanol–water partition coefficient (Wildman–Crippen LogP) is 4.46. The fourth-order valence-electron chi connectivity index (χ4n) is 1.77. The summed E-state index contributed by atoms with van der Waals surface area (Å²) in [7, 11) is 0. The molecule has 25 heavy (non-hydrogen) atoms. The Morgan fingerprint density at radius 1 is 1.16 bits per heavy atom. The molecule has 0 spiro atoms. The van der Waals surface area contributed by atoms with Gasteiger partial charge in [0.15, 0.2) is 6.61 Å². The third-order valence-corrected chi connectivity index (χ3v) is 4.04. The molecule has 2 aromatic rings. The second-order valence-electron chi connectivity index (χ2n) is 4.67. The number of benzene rings is 2. The van der Waals surface area contributed by atoms with Gasteiger partial charge in [0, 0.05) is 16.6 Å². The summed E-state index contributed by atoms with van der Waals surface area (Å²) in [5.41, 5.74) is 0.0187. The van der Waals surface area contributed by atoms with E-state index < -0.39 is 23.4 Å². The van der Waals surface area contributed by atoms with Crippen LogP contribution in [0, 0.1) is 10.1 Å². The molecule has 0 saturated heterocycles. The lowest BCUT2D eigenvalue weighted by Crippen LogP contribution is -2.21. The molecule has 0 unspecified atom stereocenters. The number of carbonyl (C=O) groups excluding carboxylic acids is 2. The molecule has 7 nitrogen and oxygen atoms in total. The number of esters is 1. The normalized spacial score (nSPS) is 10.2. The van der Waals surface area contributed by atoms with Crippen LogP contribution in [0.3, 0.4) is 0 Å². The van der Waals surface area contributed by atoms with Crippen molar-refractivity contribution in [1.29, 1.82) is 0 Å². The van der Waals surface area contributed by atoms with Crippen molar-refractivity contribution >= 4 is 62.4 Å². The van der Waals surface area contributed by atoms with Gasteiger partial charge in [-0.15, -0.1) is 0 Å². The number of ether oxygens (including phenoxy) is 1. The predicted molar refractivity (Wildman–Crippen MR) is 96.2 cm³/mol. The molecule has 0 aliphatic carbocycles. The lowest BCUT2D eigenvalue weighted by molar-refractivity contribution is -0.384. The van der Waals surface area contributed by atoms with Crippen molar-refractivity contribution in [2.24, 2.45) is 0 Å². The van der Waals surface area contributed by atoms with E-state index in [0.29, 0.717) is 10.7 Å². The second kappa shape index (κ2) is 8.28. The van der Waals surface area contributed by atoms with Gasteiger partial charge in [0.05, 0.1) is 26.2 Å². The van der Waals surface area contributed by atoms with Gasteiger partial charge in [0.1, 0.15) is 0 Å². The zero-order valence-electron chi connectivity index (χ0n) is 12.3. The van der Waals surface area contributed by atoms with Gasteiger partial charge in [0.2, 0.25) is 0 Å². The summed E-state index contributed by atoms with van der Waals surface area (Å²) in [4.78, 5) is 33.8. The number of hydrogen-bond donors (Lipinski definition) is 1. The van der Waals surface area contributed by atoms with Gasteiger partial charge in [-0.3, -0.25) is 14.9 Å². The van der Waals surface area contributed by atoms with E-state index in [-0.39, 0.29) is 16.3 Å². The Kier molecular flexibility index (Phi) is 6.35. The van der Waals surface area contributed by atoms with Gasteiger partial charge in [-0.2, -0.15) is 0 Å². The molecule has 130 valence electrons. The first-order valence-electron chi connectivity index (χ1n) is 6.64. The van der Waals surface area contributed by atoms with Crippen molar-refractivity contribution in [2.45, 2.75) is 0 Å². The van der Waals surface area contributed by atoms with Crippen LogP contribution in [0.1, 0.15) is 10.4 Å². The highest BCUT2D eigenvalue weighted by Crippen LogP contribution is 2.26. The smallest absolute Gasteiger partial charge is 0.340 e. The Morgan fingerprint density at radius 2 is 1.88 bits per heavy atom. The van der Waals surface area contributed by atoms with E-state index in [4.69, 9.17) is 27.9 Å². The fraction of sp³-hybridized carbons (Fsp3) is 0.0667. The molecule has 10 heteroatoms. The van der Waals surface area contributed by atoms with Crippen LogP contribution in [0.15, 0.2) is 40.9 Å². The van der Waals surface area contributed by atoms with Crippen molar-refractivity contribution in [1.82, 2.24) is 0 Å². The largest absolute Gasteiger partial charge is 0.452 e. The summed E-state index contributed by atoms with van der Waals surface area (Å²) in [5, 5.41) is 13.3. The number of hydrogen-bond acceptors (Lipinski definition) is 5. The Balaban J connectivity index is 1.97. The highest BCUT2D eigenvalue weighted by molar-refractivity contribution is 9.10. The minimum absolute atomic E-state index is 0.0817. The molecular formula is C15H9BrCl2N2O5. The SMILES string of the molecule is O=C(COC(=O)c1ccc([N+](=O)[O-])cc1Cl)Nc1ccc(Br)cc1Cl. The average Bonchev–Trinajstić information content (AvgIpc) is 2.55. The van der Waals surface area contributed by atoms with Crippen molar-refractivity contribution in [3.63, 3.8) is 0 Å². The molecule has 0 bridgehead atoms. The Hall–Kier alpha value is -2.16. The highest BCUT2D eigenvalue weighted by atomic mass is 79.9. The molecule has 0 heterocycles. The molecule has 0 atom stereocenters. The molecular weight excluding hydrogens is 439 g/mol. The maximum absolute atomic E-state index is 11.9. The number of halogens is 3. The van der Waals surface area contributed by atoms with Crippen LogP contribution < -0.4 is 5.32 Å². The molecule has 0 radical (unpaired) electrons. The van der Waals surface area contributed by atoms with E-state index in [9.17, 15) is 19.7 Å². The first-order chi connectivity index (χ1) is 11.8. The number of nitro groups is 1. The topological polar surface area (TPSA) is 98.5 Å². The van der Waals surface area contributed by atoms with Crippen molar-refractivity contribution < 1.29 is 19.2 Å². The van der Waals surface area contributed by atoms with Crippen LogP contribution in [0.4, 0.5) is 11.4 Å². The second-order valence-corrected chi connectivity index (χ2v) is 6.40. The van der Waals surface area contributed by atoms with E-state index in [2.05, 4.69) is 21.2 Å². The molecule has 1 N–H and O–H groups in total. The molecule has 0 saturated carbocycles. The molecule has 2 aromatic carbocycles. The Labute approximate surface area is 160 Å². The maximum atomic E-state index is 11.9. The highest BCUT2D eigenvalue weighted by Gasteiger charge is 2.17. The fourth-order valence-corrected chi connectivity index (χ4v) is 2.74. The summed E-state index contributed by atoms with van der Waals surface area (Å²) >= 11 is 15.0. The van der Waals surface area contributed by atoms with Gasteiger partial charge >= 0.3 is 5.97 Å². The number of nitro benzene ring substituents is 1. The Morgan fingerprint density at radius 3 is 2.48 bits per heavy atom. The van der Waals surface area contributed by atoms with Gasteiger partial charge < -0.3 is 10.1 Å². The lowest BCUT2D eigenvalue weighted by atomic mass is 10.2. The summed E-state index contributed by atoms with van der Waals surface area (Å²) in [6.45, 7) is -0.571. The van der Waals surface area contributed by atoms with Crippen LogP contribution >= 0.6 is 39.1 Å². The van der Waals surface area contributed by atoms with E-state index >= 15 is 0 Å². The van der Waals surface area contributed by atoms with Crippen LogP contribution in [0.5, 0.6) is 0 Å². The third kappa shape index (κ3) is 5.15. The molecule has 0 aliphatic rings. The van der Waals surface area contributed by atoms with Gasteiger partial charge in [-0.05, 0) is 24.3 Å². The molecule has 2 rings (SSSR count). The number of nitrogens with one attached hydrogen (secondary N) is 1. The van der Waals surface area contributed by atoms with E-state index in [1.54, 1.807) is 18.2 Å². The number of anilines is 1. The summed E-state index contributed by atoms with van der Waals surface area (Å²) < 4.78 is 5.59. The molecule has 1 amide bonds. The van der Waals surface area contributed by atoms with E-state index in [0.717, 1.165) is 22.7 Å². The van der Waals surface area contributed by atoms with Gasteiger partial charge in [-0.1, -0.05) is 39.1 Å². The van der Waals surface area contributed by atoms with Crippen molar-refractivity contribution in [3.8, 4) is 0 Å². The van der Waals surface area contributed by atoms with Crippen LogP contribution in [0.25, 0.3) is 0 Å². The first-order valence-corrected chi connectivity index (χ1v) is 8.19. The molecule has 0 fully saturated rings. The van der Waals surface area contributed by atoms with Crippen molar-refractivity contribution in [3.05, 3.63) is 66.6 Å². The van der Waals surface area contributed by atoms with E-state index in [1.807, 2.05) is 0 Å². The third-order valence-electron chi connectivity index (χ3n) is 2.92. The number of carbonyl (C=O) groups is 2. The number of non-ortho nitro benzene ring substituents is 1. The van der Waals surface area contributed by atoms with Crippen molar-refractivity contribution in [2.75, 3.05) is 11.9 Å². The van der Waals surface area contributed by atoms with Crippen LogP contribution in [-0.2, 0) is 9.53 Å². The monoisotopic (exact) mass is 446 g/mol. The van der Waals surface area contributed by atoms with Crippen LogP contribution in [0.2, 0.25) is 10.0 Å². The molecule has 0 aliphatic heterocycles. The van der Waals surface area contributed by atoms with Crippen LogP contribution in [-0.4, -0.2) is 23.4 Å². The molecule has 0 aromatic heterocycles. The lowest BCUT2D eigenvalue weighted by Gasteiger charge is -2.09. The summed E-state index contributed by atoms with van der Waals surface area (Å²) in [5.74, 6) is -1.48. The minimum Gasteiger partial charge on any atom is -0.452 e. The number of rotatable bonds is 5.